The fourth-order valence-corrected chi connectivity index (χ4v) is 4.30. The molecule has 114 valence electrons. The van der Waals surface area contributed by atoms with Gasteiger partial charge in [0.2, 0.25) is 5.91 Å². The fraction of sp³-hybridized carbons (Fsp3) is 0.438. The summed E-state index contributed by atoms with van der Waals surface area (Å²) in [6.45, 7) is 3.86. The number of thiophene rings is 1. The highest BCUT2D eigenvalue weighted by Crippen LogP contribution is 2.41. The van der Waals surface area contributed by atoms with Gasteiger partial charge in [0, 0.05) is 31.5 Å². The first-order valence-corrected chi connectivity index (χ1v) is 8.47. The van der Waals surface area contributed by atoms with E-state index in [1.807, 2.05) is 4.90 Å². The molecule has 2 fully saturated rings. The maximum absolute atomic E-state index is 12.4. The van der Waals surface area contributed by atoms with Crippen molar-refractivity contribution in [2.24, 2.45) is 5.41 Å². The van der Waals surface area contributed by atoms with Crippen LogP contribution in [0.3, 0.4) is 0 Å². The van der Waals surface area contributed by atoms with Crippen LogP contribution < -0.4 is 4.90 Å². The highest BCUT2D eigenvalue weighted by Gasteiger charge is 2.47. The third kappa shape index (κ3) is 2.53. The second kappa shape index (κ2) is 5.44. The summed E-state index contributed by atoms with van der Waals surface area (Å²) in [5.74, 6) is 0.201. The van der Waals surface area contributed by atoms with Crippen LogP contribution in [0.15, 0.2) is 35.5 Å². The molecule has 2 aliphatic rings. The number of hydrogen-bond donors (Lipinski definition) is 0. The van der Waals surface area contributed by atoms with Gasteiger partial charge in [-0.25, -0.2) is 9.97 Å². The molecule has 1 unspecified atom stereocenters. The maximum atomic E-state index is 12.4. The van der Waals surface area contributed by atoms with E-state index in [0.29, 0.717) is 6.42 Å². The fourth-order valence-electron chi connectivity index (χ4n) is 3.64. The minimum absolute atomic E-state index is 0.100. The first-order chi connectivity index (χ1) is 10.7. The van der Waals surface area contributed by atoms with Gasteiger partial charge in [-0.1, -0.05) is 0 Å². The molecule has 1 atom stereocenters. The van der Waals surface area contributed by atoms with Crippen LogP contribution in [0.1, 0.15) is 18.4 Å². The van der Waals surface area contributed by atoms with Gasteiger partial charge in [0.25, 0.3) is 0 Å². The van der Waals surface area contributed by atoms with Crippen molar-refractivity contribution in [3.63, 3.8) is 0 Å². The molecule has 0 aliphatic carbocycles. The zero-order valence-electron chi connectivity index (χ0n) is 12.3. The zero-order valence-corrected chi connectivity index (χ0v) is 13.1. The summed E-state index contributed by atoms with van der Waals surface area (Å²) in [5.41, 5.74) is 2.29. The molecule has 0 N–H and O–H groups in total. The summed E-state index contributed by atoms with van der Waals surface area (Å²) in [4.78, 5) is 24.8. The van der Waals surface area contributed by atoms with Crippen LogP contribution in [0, 0.1) is 5.41 Å². The molecule has 0 aromatic carbocycles. The SMILES string of the molecule is O=C1CC2(CCN(Cc3ccsc3)C2)CN1c1cncnc1. The lowest BCUT2D eigenvalue weighted by atomic mass is 9.86. The second-order valence-corrected chi connectivity index (χ2v) is 7.13. The lowest BCUT2D eigenvalue weighted by molar-refractivity contribution is -0.117. The Morgan fingerprint density at radius 2 is 2.14 bits per heavy atom. The van der Waals surface area contributed by atoms with Crippen LogP contribution in [0.5, 0.6) is 0 Å². The Labute approximate surface area is 133 Å². The lowest BCUT2D eigenvalue weighted by Gasteiger charge is -2.24. The Morgan fingerprint density at radius 3 is 2.91 bits per heavy atom. The molecule has 4 rings (SSSR count). The molecule has 0 radical (unpaired) electrons. The molecule has 1 amide bonds. The van der Waals surface area contributed by atoms with Crippen LogP contribution in [0.4, 0.5) is 5.69 Å². The van der Waals surface area contributed by atoms with Crippen molar-refractivity contribution in [2.45, 2.75) is 19.4 Å². The number of aromatic nitrogens is 2. The number of carbonyl (C=O) groups excluding carboxylic acids is 1. The van der Waals surface area contributed by atoms with Gasteiger partial charge >= 0.3 is 0 Å². The molecule has 0 bridgehead atoms. The van der Waals surface area contributed by atoms with Crippen LogP contribution >= 0.6 is 11.3 Å². The normalized spacial score (nSPS) is 25.5. The van der Waals surface area contributed by atoms with E-state index >= 15 is 0 Å². The molecule has 2 aromatic rings. The van der Waals surface area contributed by atoms with Crippen LogP contribution in [-0.2, 0) is 11.3 Å². The van der Waals surface area contributed by atoms with E-state index in [9.17, 15) is 4.79 Å². The summed E-state index contributed by atoms with van der Waals surface area (Å²) >= 11 is 1.74. The van der Waals surface area contributed by atoms with E-state index in [1.54, 1.807) is 23.7 Å². The Hall–Kier alpha value is -1.79. The molecule has 6 heteroatoms. The predicted molar refractivity (Wildman–Crippen MR) is 85.6 cm³/mol. The van der Waals surface area contributed by atoms with E-state index < -0.39 is 0 Å². The average Bonchev–Trinajstić information content (AvgIpc) is 3.23. The maximum Gasteiger partial charge on any atom is 0.227 e. The third-order valence-electron chi connectivity index (χ3n) is 4.68. The number of likely N-dealkylation sites (tertiary alicyclic amines) is 1. The standard InChI is InChI=1S/C16H18N4OS/c21-15-5-16(11-20(15)14-6-17-12-18-7-14)2-3-19(10-16)8-13-1-4-22-9-13/h1,4,6-7,9,12H,2-3,5,8,10-11H2. The molecular formula is C16H18N4OS. The molecule has 2 saturated heterocycles. The first kappa shape index (κ1) is 13.8. The molecule has 22 heavy (non-hydrogen) atoms. The third-order valence-corrected chi connectivity index (χ3v) is 5.42. The van der Waals surface area contributed by atoms with E-state index in [-0.39, 0.29) is 11.3 Å². The van der Waals surface area contributed by atoms with Gasteiger partial charge in [0.05, 0.1) is 18.1 Å². The number of amides is 1. The number of rotatable bonds is 3. The average molecular weight is 314 g/mol. The lowest BCUT2D eigenvalue weighted by Crippen LogP contribution is -2.31. The highest BCUT2D eigenvalue weighted by atomic mass is 32.1. The van der Waals surface area contributed by atoms with Gasteiger partial charge in [-0.05, 0) is 35.4 Å². The summed E-state index contributed by atoms with van der Waals surface area (Å²) in [7, 11) is 0. The first-order valence-electron chi connectivity index (χ1n) is 7.53. The summed E-state index contributed by atoms with van der Waals surface area (Å²) in [6, 6.07) is 2.18. The minimum Gasteiger partial charge on any atom is -0.309 e. The van der Waals surface area contributed by atoms with Crippen molar-refractivity contribution in [1.29, 1.82) is 0 Å². The Bertz CT molecular complexity index is 660. The van der Waals surface area contributed by atoms with Gasteiger partial charge in [-0.2, -0.15) is 11.3 Å². The molecule has 2 aliphatic heterocycles. The smallest absolute Gasteiger partial charge is 0.227 e. The largest absolute Gasteiger partial charge is 0.309 e. The summed E-state index contributed by atoms with van der Waals surface area (Å²) in [6.07, 6.45) is 6.68. The molecule has 5 nitrogen and oxygen atoms in total. The number of nitrogens with zero attached hydrogens (tertiary/aromatic N) is 4. The number of anilines is 1. The van der Waals surface area contributed by atoms with E-state index in [0.717, 1.165) is 38.3 Å². The predicted octanol–water partition coefficient (Wildman–Crippen LogP) is 2.17. The van der Waals surface area contributed by atoms with Gasteiger partial charge in [-0.15, -0.1) is 0 Å². The van der Waals surface area contributed by atoms with Crippen LogP contribution in [0.2, 0.25) is 0 Å². The van der Waals surface area contributed by atoms with Crippen molar-refractivity contribution >= 4 is 22.9 Å². The monoisotopic (exact) mass is 314 g/mol. The molecule has 2 aromatic heterocycles. The number of carbonyl (C=O) groups is 1. The Morgan fingerprint density at radius 1 is 1.27 bits per heavy atom. The van der Waals surface area contributed by atoms with E-state index in [1.165, 1.54) is 11.9 Å². The van der Waals surface area contributed by atoms with Crippen molar-refractivity contribution in [3.05, 3.63) is 41.1 Å². The van der Waals surface area contributed by atoms with Crippen molar-refractivity contribution in [3.8, 4) is 0 Å². The van der Waals surface area contributed by atoms with Gasteiger partial charge in [0.15, 0.2) is 0 Å². The summed E-state index contributed by atoms with van der Waals surface area (Å²) < 4.78 is 0. The van der Waals surface area contributed by atoms with Gasteiger partial charge < -0.3 is 4.90 Å². The summed E-state index contributed by atoms with van der Waals surface area (Å²) in [5, 5.41) is 4.33. The number of hydrogen-bond acceptors (Lipinski definition) is 5. The zero-order chi connectivity index (χ0) is 15.0. The van der Waals surface area contributed by atoms with Crippen LogP contribution in [0.25, 0.3) is 0 Å². The quantitative estimate of drug-likeness (QED) is 0.871. The second-order valence-electron chi connectivity index (χ2n) is 6.35. The topological polar surface area (TPSA) is 49.3 Å². The molecular weight excluding hydrogens is 296 g/mol. The minimum atomic E-state index is 0.100. The van der Waals surface area contributed by atoms with Crippen molar-refractivity contribution in [2.75, 3.05) is 24.5 Å². The molecule has 1 spiro atoms. The van der Waals surface area contributed by atoms with Gasteiger partial charge in [-0.3, -0.25) is 9.69 Å². The highest BCUT2D eigenvalue weighted by molar-refractivity contribution is 7.07. The van der Waals surface area contributed by atoms with Crippen molar-refractivity contribution in [1.82, 2.24) is 14.9 Å². The Kier molecular flexibility index (Phi) is 3.43. The van der Waals surface area contributed by atoms with E-state index in [4.69, 9.17) is 0 Å². The van der Waals surface area contributed by atoms with Crippen LogP contribution in [-0.4, -0.2) is 40.4 Å². The van der Waals surface area contributed by atoms with Gasteiger partial charge in [0.1, 0.15) is 6.33 Å². The van der Waals surface area contributed by atoms with E-state index in [2.05, 4.69) is 31.7 Å². The Balaban J connectivity index is 1.46. The molecule has 4 heterocycles. The molecule has 0 saturated carbocycles. The van der Waals surface area contributed by atoms with Crippen molar-refractivity contribution < 1.29 is 4.79 Å².